The van der Waals surface area contributed by atoms with Gasteiger partial charge >= 0.3 is 0 Å². The second-order valence-corrected chi connectivity index (χ2v) is 8.46. The second kappa shape index (κ2) is 7.88. The minimum absolute atomic E-state index is 0.294. The third-order valence-electron chi connectivity index (χ3n) is 5.30. The summed E-state index contributed by atoms with van der Waals surface area (Å²) in [7, 11) is 0. The van der Waals surface area contributed by atoms with Crippen LogP contribution in [-0.2, 0) is 0 Å². The number of hydrogen-bond donors (Lipinski definition) is 1. The first-order valence-electron chi connectivity index (χ1n) is 9.70. The molecule has 0 saturated heterocycles. The highest BCUT2D eigenvalue weighted by Gasteiger charge is 2.20. The van der Waals surface area contributed by atoms with Crippen LogP contribution in [0.25, 0.3) is 33.4 Å². The molecule has 144 valence electrons. The molecular weight excluding hydrogens is 420 g/mol. The summed E-state index contributed by atoms with van der Waals surface area (Å²) in [5.41, 5.74) is 9.36. The number of hydrogen-bond acceptors (Lipinski definition) is 1. The van der Waals surface area contributed by atoms with Gasteiger partial charge in [-0.15, -0.1) is 0 Å². The molecule has 0 amide bonds. The average molecular weight is 443 g/mol. The van der Waals surface area contributed by atoms with Crippen LogP contribution in [-0.4, -0.2) is 5.11 Å². The van der Waals surface area contributed by atoms with Gasteiger partial charge in [0, 0.05) is 15.6 Å². The molecule has 2 heteroatoms. The van der Waals surface area contributed by atoms with Crippen LogP contribution in [0.2, 0.25) is 0 Å². The summed E-state index contributed by atoms with van der Waals surface area (Å²) in [6.45, 7) is 6.22. The predicted molar refractivity (Wildman–Crippen MR) is 126 cm³/mol. The quantitative estimate of drug-likeness (QED) is 0.339. The average Bonchev–Trinajstić information content (AvgIpc) is 2.71. The van der Waals surface area contributed by atoms with E-state index < -0.39 is 0 Å². The normalized spacial score (nSPS) is 10.9. The van der Waals surface area contributed by atoms with E-state index in [-0.39, 0.29) is 0 Å². The van der Waals surface area contributed by atoms with Crippen LogP contribution in [0.5, 0.6) is 5.75 Å². The van der Waals surface area contributed by atoms with Gasteiger partial charge in [-0.25, -0.2) is 0 Å². The Labute approximate surface area is 180 Å². The van der Waals surface area contributed by atoms with Crippen molar-refractivity contribution in [1.82, 2.24) is 0 Å². The summed E-state index contributed by atoms with van der Waals surface area (Å²) in [6.07, 6.45) is 0. The van der Waals surface area contributed by atoms with Crippen molar-refractivity contribution in [3.05, 3.63) is 100 Å². The van der Waals surface area contributed by atoms with Crippen molar-refractivity contribution in [3.8, 4) is 39.1 Å². The molecule has 0 aliphatic carbocycles. The molecule has 0 fully saturated rings. The summed E-state index contributed by atoms with van der Waals surface area (Å²) in [6, 6.07) is 27.1. The summed E-state index contributed by atoms with van der Waals surface area (Å²) in [5.74, 6) is 0.294. The van der Waals surface area contributed by atoms with E-state index in [0.29, 0.717) is 5.75 Å². The minimum atomic E-state index is 0.294. The van der Waals surface area contributed by atoms with Crippen LogP contribution >= 0.6 is 15.9 Å². The van der Waals surface area contributed by atoms with E-state index in [1.807, 2.05) is 0 Å². The number of phenols is 1. The lowest BCUT2D eigenvalue weighted by atomic mass is 9.89. The fourth-order valence-electron chi connectivity index (χ4n) is 3.60. The highest BCUT2D eigenvalue weighted by Crippen LogP contribution is 2.48. The molecular formula is C27H23BrO. The van der Waals surface area contributed by atoms with E-state index in [1.54, 1.807) is 0 Å². The molecule has 0 unspecified atom stereocenters. The summed E-state index contributed by atoms with van der Waals surface area (Å²) in [4.78, 5) is 0. The first-order chi connectivity index (χ1) is 13.9. The van der Waals surface area contributed by atoms with E-state index in [9.17, 15) is 5.11 Å². The lowest BCUT2D eigenvalue weighted by Gasteiger charge is -2.18. The third-order valence-corrected chi connectivity index (χ3v) is 5.92. The zero-order valence-corrected chi connectivity index (χ0v) is 18.4. The van der Waals surface area contributed by atoms with E-state index in [1.165, 1.54) is 16.7 Å². The first kappa shape index (κ1) is 19.5. The summed E-state index contributed by atoms with van der Waals surface area (Å²) in [5, 5.41) is 11.5. The number of rotatable bonds is 3. The van der Waals surface area contributed by atoms with Crippen LogP contribution in [0.3, 0.4) is 0 Å². The SMILES string of the molecule is Cc1ccc(-c2cc(Br)c(-c3ccc(C)cc3)c(O)c2-c2ccc(C)cc2)cc1. The molecule has 0 spiro atoms. The Morgan fingerprint density at radius 3 is 1.38 bits per heavy atom. The molecule has 0 saturated carbocycles. The molecule has 4 aromatic rings. The lowest BCUT2D eigenvalue weighted by molar-refractivity contribution is 0.479. The Morgan fingerprint density at radius 2 is 0.931 bits per heavy atom. The van der Waals surface area contributed by atoms with Crippen LogP contribution in [0.1, 0.15) is 16.7 Å². The molecule has 0 radical (unpaired) electrons. The van der Waals surface area contributed by atoms with Gasteiger partial charge < -0.3 is 5.11 Å². The summed E-state index contributed by atoms with van der Waals surface area (Å²) >= 11 is 3.72. The number of benzene rings is 4. The molecule has 4 rings (SSSR count). The van der Waals surface area contributed by atoms with Crippen molar-refractivity contribution in [2.24, 2.45) is 0 Å². The van der Waals surface area contributed by atoms with Crippen molar-refractivity contribution in [3.63, 3.8) is 0 Å². The van der Waals surface area contributed by atoms with Crippen molar-refractivity contribution in [2.75, 3.05) is 0 Å². The van der Waals surface area contributed by atoms with Gasteiger partial charge in [0.15, 0.2) is 0 Å². The molecule has 0 bridgehead atoms. The van der Waals surface area contributed by atoms with Crippen LogP contribution < -0.4 is 0 Å². The zero-order valence-electron chi connectivity index (χ0n) is 16.8. The van der Waals surface area contributed by atoms with Crippen molar-refractivity contribution in [1.29, 1.82) is 0 Å². The molecule has 0 aliphatic heterocycles. The van der Waals surface area contributed by atoms with Gasteiger partial charge in [0.25, 0.3) is 0 Å². The van der Waals surface area contributed by atoms with Gasteiger partial charge in [-0.2, -0.15) is 0 Å². The molecule has 0 atom stereocenters. The second-order valence-electron chi connectivity index (χ2n) is 7.60. The maximum Gasteiger partial charge on any atom is 0.132 e. The maximum absolute atomic E-state index is 11.5. The highest BCUT2D eigenvalue weighted by molar-refractivity contribution is 9.10. The Balaban J connectivity index is 2.02. The Hall–Kier alpha value is -2.84. The molecule has 0 aliphatic rings. The van der Waals surface area contributed by atoms with Gasteiger partial charge in [-0.05, 0) is 65.0 Å². The van der Waals surface area contributed by atoms with Crippen LogP contribution in [0.4, 0.5) is 0 Å². The lowest BCUT2D eigenvalue weighted by Crippen LogP contribution is -1.92. The largest absolute Gasteiger partial charge is 0.507 e. The summed E-state index contributed by atoms with van der Waals surface area (Å²) < 4.78 is 0.880. The van der Waals surface area contributed by atoms with Crippen molar-refractivity contribution in [2.45, 2.75) is 20.8 Å². The van der Waals surface area contributed by atoms with E-state index >= 15 is 0 Å². The number of aryl methyl sites for hydroxylation is 3. The topological polar surface area (TPSA) is 20.2 Å². The van der Waals surface area contributed by atoms with E-state index in [2.05, 4.69) is 116 Å². The number of halogens is 1. The fourth-order valence-corrected chi connectivity index (χ4v) is 4.25. The number of phenolic OH excluding ortho intramolecular Hbond substituents is 1. The molecule has 1 N–H and O–H groups in total. The first-order valence-corrected chi connectivity index (χ1v) is 10.5. The van der Waals surface area contributed by atoms with Gasteiger partial charge in [0.1, 0.15) is 5.75 Å². The fraction of sp³-hybridized carbons (Fsp3) is 0.111. The van der Waals surface area contributed by atoms with Crippen LogP contribution in [0, 0.1) is 20.8 Å². The third kappa shape index (κ3) is 3.86. The molecule has 0 aromatic heterocycles. The molecule has 4 aromatic carbocycles. The van der Waals surface area contributed by atoms with Gasteiger partial charge in [-0.1, -0.05) is 89.5 Å². The number of aromatic hydroxyl groups is 1. The molecule has 1 nitrogen and oxygen atoms in total. The van der Waals surface area contributed by atoms with Crippen molar-refractivity contribution < 1.29 is 5.11 Å². The monoisotopic (exact) mass is 442 g/mol. The Morgan fingerprint density at radius 1 is 0.552 bits per heavy atom. The standard InChI is InChI=1S/C27H23BrO/c1-17-4-10-20(11-5-17)23-16-24(28)26(22-14-8-19(3)9-15-22)27(29)25(23)21-12-6-18(2)7-13-21/h4-16,29H,1-3H3. The van der Waals surface area contributed by atoms with Crippen molar-refractivity contribution >= 4 is 15.9 Å². The highest BCUT2D eigenvalue weighted by atomic mass is 79.9. The molecule has 0 heterocycles. The zero-order chi connectivity index (χ0) is 20.5. The predicted octanol–water partition coefficient (Wildman–Crippen LogP) is 8.08. The van der Waals surface area contributed by atoms with Gasteiger partial charge in [-0.3, -0.25) is 0 Å². The van der Waals surface area contributed by atoms with Crippen LogP contribution in [0.15, 0.2) is 83.3 Å². The maximum atomic E-state index is 11.5. The Bertz CT molecular complexity index is 1160. The minimum Gasteiger partial charge on any atom is -0.507 e. The van der Waals surface area contributed by atoms with E-state index in [0.717, 1.165) is 37.9 Å². The molecule has 29 heavy (non-hydrogen) atoms. The Kier molecular flexibility index (Phi) is 5.29. The van der Waals surface area contributed by atoms with Gasteiger partial charge in [0.2, 0.25) is 0 Å². The van der Waals surface area contributed by atoms with Gasteiger partial charge in [0.05, 0.1) is 0 Å². The van der Waals surface area contributed by atoms with E-state index in [4.69, 9.17) is 0 Å². The smallest absolute Gasteiger partial charge is 0.132 e.